The molecule has 0 bridgehead atoms. The first kappa shape index (κ1) is 16.8. The molecule has 5 nitrogen and oxygen atoms in total. The van der Waals surface area contributed by atoms with Crippen LogP contribution < -0.4 is 10.1 Å². The van der Waals surface area contributed by atoms with E-state index in [1.165, 1.54) is 6.08 Å². The highest BCUT2D eigenvalue weighted by molar-refractivity contribution is 6.01. The van der Waals surface area contributed by atoms with Crippen LogP contribution in [0.3, 0.4) is 0 Å². The lowest BCUT2D eigenvalue weighted by Crippen LogP contribution is -2.23. The molecule has 118 valence electrons. The Hall–Kier alpha value is -3.57. The van der Waals surface area contributed by atoms with Crippen LogP contribution in [0.5, 0.6) is 5.75 Å². The number of carbonyl (C=O) groups is 1. The molecule has 0 radical (unpaired) electrons. The van der Waals surface area contributed by atoms with Gasteiger partial charge >= 0.3 is 0 Å². The van der Waals surface area contributed by atoms with Gasteiger partial charge in [0.25, 0.3) is 5.91 Å². The van der Waals surface area contributed by atoms with Gasteiger partial charge in [0, 0.05) is 6.54 Å². The number of methoxy groups -OCH3 is 1. The molecule has 0 fully saturated rings. The normalized spacial score (nSPS) is 10.4. The SMILES string of the molecule is COc1ccc(CNC(=O)/C(C#N)=C\c2ccc(C#N)cc2)cc1. The molecule has 0 atom stereocenters. The number of hydrogen-bond acceptors (Lipinski definition) is 4. The van der Waals surface area contributed by atoms with Crippen LogP contribution in [0.15, 0.2) is 54.1 Å². The lowest BCUT2D eigenvalue weighted by Gasteiger charge is -2.06. The quantitative estimate of drug-likeness (QED) is 0.678. The van der Waals surface area contributed by atoms with E-state index in [0.717, 1.165) is 11.3 Å². The van der Waals surface area contributed by atoms with Crippen molar-refractivity contribution in [1.82, 2.24) is 5.32 Å². The average molecular weight is 317 g/mol. The number of benzene rings is 2. The van der Waals surface area contributed by atoms with Gasteiger partial charge in [-0.15, -0.1) is 0 Å². The molecule has 0 aliphatic carbocycles. The molecule has 0 saturated heterocycles. The minimum Gasteiger partial charge on any atom is -0.497 e. The van der Waals surface area contributed by atoms with Gasteiger partial charge in [-0.05, 0) is 41.5 Å². The molecule has 2 aromatic rings. The molecule has 0 spiro atoms. The van der Waals surface area contributed by atoms with Crippen molar-refractivity contribution in [3.8, 4) is 17.9 Å². The van der Waals surface area contributed by atoms with E-state index in [0.29, 0.717) is 17.7 Å². The average Bonchev–Trinajstić information content (AvgIpc) is 2.65. The molecular weight excluding hydrogens is 302 g/mol. The van der Waals surface area contributed by atoms with Crippen molar-refractivity contribution >= 4 is 12.0 Å². The first-order chi connectivity index (χ1) is 11.7. The summed E-state index contributed by atoms with van der Waals surface area (Å²) in [7, 11) is 1.59. The summed E-state index contributed by atoms with van der Waals surface area (Å²) in [6.07, 6.45) is 1.49. The fourth-order valence-corrected chi connectivity index (χ4v) is 1.99. The molecule has 0 unspecified atom stereocenters. The Morgan fingerprint density at radius 3 is 2.33 bits per heavy atom. The zero-order valence-corrected chi connectivity index (χ0v) is 13.1. The Morgan fingerprint density at radius 1 is 1.12 bits per heavy atom. The lowest BCUT2D eigenvalue weighted by atomic mass is 10.1. The predicted octanol–water partition coefficient (Wildman–Crippen LogP) is 2.79. The maximum Gasteiger partial charge on any atom is 0.262 e. The molecule has 2 rings (SSSR count). The van der Waals surface area contributed by atoms with Crippen LogP contribution in [0.25, 0.3) is 6.08 Å². The van der Waals surface area contributed by atoms with Crippen LogP contribution in [0, 0.1) is 22.7 Å². The van der Waals surface area contributed by atoms with Gasteiger partial charge in [-0.1, -0.05) is 24.3 Å². The third-order valence-corrected chi connectivity index (χ3v) is 3.33. The highest BCUT2D eigenvalue weighted by Crippen LogP contribution is 2.12. The van der Waals surface area contributed by atoms with Crippen molar-refractivity contribution in [2.45, 2.75) is 6.54 Å². The molecule has 24 heavy (non-hydrogen) atoms. The van der Waals surface area contributed by atoms with Crippen molar-refractivity contribution in [2.75, 3.05) is 7.11 Å². The number of nitrogens with one attached hydrogen (secondary N) is 1. The van der Waals surface area contributed by atoms with Crippen LogP contribution in [-0.4, -0.2) is 13.0 Å². The Morgan fingerprint density at radius 2 is 1.79 bits per heavy atom. The van der Waals surface area contributed by atoms with E-state index >= 15 is 0 Å². The van der Waals surface area contributed by atoms with Gasteiger partial charge < -0.3 is 10.1 Å². The summed E-state index contributed by atoms with van der Waals surface area (Å²) in [5, 5.41) is 20.6. The van der Waals surface area contributed by atoms with Crippen LogP contribution in [-0.2, 0) is 11.3 Å². The maximum atomic E-state index is 12.1. The summed E-state index contributed by atoms with van der Waals surface area (Å²) in [5.41, 5.74) is 2.12. The van der Waals surface area contributed by atoms with Gasteiger partial charge in [0.1, 0.15) is 17.4 Å². The number of hydrogen-bond donors (Lipinski definition) is 1. The van der Waals surface area contributed by atoms with Crippen LogP contribution in [0.4, 0.5) is 0 Å². The number of carbonyl (C=O) groups excluding carboxylic acids is 1. The molecule has 0 aromatic heterocycles. The fourth-order valence-electron chi connectivity index (χ4n) is 1.99. The van der Waals surface area contributed by atoms with Crippen molar-refractivity contribution < 1.29 is 9.53 Å². The smallest absolute Gasteiger partial charge is 0.262 e. The van der Waals surface area contributed by atoms with Gasteiger partial charge in [-0.3, -0.25) is 4.79 Å². The van der Waals surface area contributed by atoms with Crippen molar-refractivity contribution in [2.24, 2.45) is 0 Å². The van der Waals surface area contributed by atoms with Gasteiger partial charge in [0.15, 0.2) is 0 Å². The topological polar surface area (TPSA) is 85.9 Å². The monoisotopic (exact) mass is 317 g/mol. The Kier molecular flexibility index (Phi) is 5.71. The lowest BCUT2D eigenvalue weighted by molar-refractivity contribution is -0.117. The van der Waals surface area contributed by atoms with Gasteiger partial charge in [0.2, 0.25) is 0 Å². The van der Waals surface area contributed by atoms with E-state index in [1.54, 1.807) is 43.5 Å². The van der Waals surface area contributed by atoms with Crippen LogP contribution >= 0.6 is 0 Å². The van der Waals surface area contributed by atoms with E-state index in [4.69, 9.17) is 10.00 Å². The Bertz CT molecular complexity index is 823. The second-order valence-corrected chi connectivity index (χ2v) is 4.93. The maximum absolute atomic E-state index is 12.1. The fraction of sp³-hybridized carbons (Fsp3) is 0.105. The molecule has 0 heterocycles. The predicted molar refractivity (Wildman–Crippen MR) is 89.6 cm³/mol. The number of nitriles is 2. The third-order valence-electron chi connectivity index (χ3n) is 3.33. The van der Waals surface area contributed by atoms with Crippen LogP contribution in [0.2, 0.25) is 0 Å². The molecular formula is C19H15N3O2. The van der Waals surface area contributed by atoms with Gasteiger partial charge in [0.05, 0.1) is 18.7 Å². The third kappa shape index (κ3) is 4.46. The van der Waals surface area contributed by atoms with E-state index in [-0.39, 0.29) is 5.57 Å². The first-order valence-corrected chi connectivity index (χ1v) is 7.19. The summed E-state index contributed by atoms with van der Waals surface area (Å²) < 4.78 is 5.07. The zero-order valence-electron chi connectivity index (χ0n) is 13.1. The van der Waals surface area contributed by atoms with E-state index in [9.17, 15) is 10.1 Å². The number of amides is 1. The van der Waals surface area contributed by atoms with Gasteiger partial charge in [-0.25, -0.2) is 0 Å². The molecule has 1 amide bonds. The largest absolute Gasteiger partial charge is 0.497 e. The number of rotatable bonds is 5. The molecule has 0 aliphatic rings. The summed E-state index contributed by atoms with van der Waals surface area (Å²) in [4.78, 5) is 12.1. The molecule has 0 saturated carbocycles. The van der Waals surface area contributed by atoms with Crippen molar-refractivity contribution in [1.29, 1.82) is 10.5 Å². The van der Waals surface area contributed by atoms with Crippen LogP contribution in [0.1, 0.15) is 16.7 Å². The summed E-state index contributed by atoms with van der Waals surface area (Å²) in [5.74, 6) is 0.293. The van der Waals surface area contributed by atoms with Gasteiger partial charge in [-0.2, -0.15) is 10.5 Å². The van der Waals surface area contributed by atoms with Crippen molar-refractivity contribution in [3.05, 3.63) is 70.8 Å². The number of ether oxygens (including phenoxy) is 1. The summed E-state index contributed by atoms with van der Waals surface area (Å²) >= 11 is 0. The second kappa shape index (κ2) is 8.17. The first-order valence-electron chi connectivity index (χ1n) is 7.19. The van der Waals surface area contributed by atoms with E-state index < -0.39 is 5.91 Å². The second-order valence-electron chi connectivity index (χ2n) is 4.93. The Labute approximate surface area is 140 Å². The molecule has 1 N–H and O–H groups in total. The summed E-state index contributed by atoms with van der Waals surface area (Å²) in [6.45, 7) is 0.315. The highest BCUT2D eigenvalue weighted by Gasteiger charge is 2.08. The molecule has 5 heteroatoms. The minimum atomic E-state index is -0.447. The zero-order chi connectivity index (χ0) is 17.4. The molecule has 0 aliphatic heterocycles. The number of nitrogens with zero attached hydrogens (tertiary/aromatic N) is 2. The molecule has 2 aromatic carbocycles. The van der Waals surface area contributed by atoms with Crippen molar-refractivity contribution in [3.63, 3.8) is 0 Å². The standard InChI is InChI=1S/C19H15N3O2/c1-24-18-8-6-16(7-9-18)13-22-19(23)17(12-21)10-14-2-4-15(11-20)5-3-14/h2-10H,13H2,1H3,(H,22,23)/b17-10-. The minimum absolute atomic E-state index is 0.00761. The summed E-state index contributed by atoms with van der Waals surface area (Å²) in [6, 6.07) is 17.9. The Balaban J connectivity index is 2.03. The van der Waals surface area contributed by atoms with E-state index in [2.05, 4.69) is 5.32 Å². The highest BCUT2D eigenvalue weighted by atomic mass is 16.5. The van der Waals surface area contributed by atoms with E-state index in [1.807, 2.05) is 24.3 Å².